The van der Waals surface area contributed by atoms with Gasteiger partial charge in [-0.1, -0.05) is 30.3 Å². The number of ether oxygens (including phenoxy) is 2. The quantitative estimate of drug-likeness (QED) is 0.561. The molecule has 146 valence electrons. The van der Waals surface area contributed by atoms with Crippen LogP contribution in [0, 0.1) is 0 Å². The van der Waals surface area contributed by atoms with Crippen LogP contribution in [0.15, 0.2) is 58.2 Å². The van der Waals surface area contributed by atoms with Gasteiger partial charge >= 0.3 is 0 Å². The van der Waals surface area contributed by atoms with E-state index in [0.717, 1.165) is 5.56 Å². The number of methoxy groups -OCH3 is 2. The second kappa shape index (κ2) is 8.79. The number of carbonyl (C=O) groups excluding carboxylic acids is 1. The van der Waals surface area contributed by atoms with Crippen LogP contribution in [0.1, 0.15) is 10.8 Å². The molecule has 0 N–H and O–H groups in total. The van der Waals surface area contributed by atoms with Gasteiger partial charge in [0.25, 0.3) is 11.1 Å². The van der Waals surface area contributed by atoms with E-state index in [2.05, 4.69) is 10.2 Å². The molecule has 1 amide bonds. The Morgan fingerprint density at radius 1 is 1.07 bits per heavy atom. The lowest BCUT2D eigenvalue weighted by Crippen LogP contribution is -2.26. The summed E-state index contributed by atoms with van der Waals surface area (Å²) < 4.78 is 16.4. The van der Waals surface area contributed by atoms with Gasteiger partial charge in [0, 0.05) is 20.2 Å². The molecule has 2 aromatic carbocycles. The first kappa shape index (κ1) is 19.8. The highest BCUT2D eigenvalue weighted by atomic mass is 32.2. The molecule has 0 bridgehead atoms. The molecule has 0 saturated carbocycles. The Balaban J connectivity index is 1.89. The molecule has 8 heteroatoms. The van der Waals surface area contributed by atoms with E-state index in [4.69, 9.17) is 13.9 Å². The third-order valence-electron chi connectivity index (χ3n) is 4.03. The van der Waals surface area contributed by atoms with Crippen molar-refractivity contribution in [2.75, 3.05) is 28.3 Å². The van der Waals surface area contributed by atoms with E-state index in [1.54, 1.807) is 51.4 Å². The lowest BCUT2D eigenvalue weighted by molar-refractivity contribution is -0.128. The molecule has 0 spiro atoms. The van der Waals surface area contributed by atoms with E-state index >= 15 is 0 Å². The first-order valence-electron chi connectivity index (χ1n) is 8.52. The molecule has 0 unspecified atom stereocenters. The maximum atomic E-state index is 12.7. The fourth-order valence-corrected chi connectivity index (χ4v) is 3.59. The largest absolute Gasteiger partial charge is 0.497 e. The normalized spacial score (nSPS) is 11.7. The molecule has 0 fully saturated rings. The number of likely N-dealkylation sites (N-methyl/N-ethyl adjacent to an activating group) is 1. The van der Waals surface area contributed by atoms with Crippen molar-refractivity contribution >= 4 is 17.7 Å². The number of aromatic nitrogens is 2. The van der Waals surface area contributed by atoms with Crippen LogP contribution in [-0.4, -0.2) is 49.3 Å². The van der Waals surface area contributed by atoms with Crippen molar-refractivity contribution in [2.24, 2.45) is 0 Å². The third-order valence-corrected chi connectivity index (χ3v) is 5.11. The standard InChI is InChI=1S/C20H21N3O4S/c1-23(2)19(24)17(13-8-6-5-7-9-13)28-20-22-21-18(27-20)15-11-10-14(25-3)12-16(15)26-4/h5-12,17H,1-4H3/t17-/m0/s1. The number of amides is 1. The average Bonchev–Trinajstić information content (AvgIpc) is 3.20. The molecule has 3 rings (SSSR count). The summed E-state index contributed by atoms with van der Waals surface area (Å²) in [6.45, 7) is 0. The highest BCUT2D eigenvalue weighted by Gasteiger charge is 2.26. The zero-order valence-electron chi connectivity index (χ0n) is 16.1. The van der Waals surface area contributed by atoms with Gasteiger partial charge in [0.05, 0.1) is 19.8 Å². The molecule has 0 aliphatic rings. The van der Waals surface area contributed by atoms with Gasteiger partial charge < -0.3 is 18.8 Å². The Labute approximate surface area is 167 Å². The van der Waals surface area contributed by atoms with Crippen LogP contribution >= 0.6 is 11.8 Å². The first-order valence-corrected chi connectivity index (χ1v) is 9.40. The predicted molar refractivity (Wildman–Crippen MR) is 107 cm³/mol. The summed E-state index contributed by atoms with van der Waals surface area (Å²) in [5.41, 5.74) is 1.52. The van der Waals surface area contributed by atoms with Gasteiger partial charge in [0.1, 0.15) is 16.7 Å². The van der Waals surface area contributed by atoms with E-state index in [1.165, 1.54) is 11.8 Å². The summed E-state index contributed by atoms with van der Waals surface area (Å²) in [5, 5.41) is 8.04. The number of hydrogen-bond acceptors (Lipinski definition) is 7. The summed E-state index contributed by atoms with van der Waals surface area (Å²) in [6.07, 6.45) is 0. The Bertz CT molecular complexity index is 944. The molecule has 1 aromatic heterocycles. The van der Waals surface area contributed by atoms with E-state index in [9.17, 15) is 4.79 Å². The predicted octanol–water partition coefficient (Wildman–Crippen LogP) is 3.68. The maximum absolute atomic E-state index is 12.7. The van der Waals surface area contributed by atoms with Crippen molar-refractivity contribution in [3.8, 4) is 23.0 Å². The SMILES string of the molecule is COc1ccc(-c2nnc(S[C@H](C(=O)N(C)C)c3ccccc3)o2)c(OC)c1. The number of nitrogens with zero attached hydrogens (tertiary/aromatic N) is 3. The van der Waals surface area contributed by atoms with Crippen LogP contribution in [-0.2, 0) is 4.79 Å². The maximum Gasteiger partial charge on any atom is 0.277 e. The van der Waals surface area contributed by atoms with E-state index in [1.807, 2.05) is 30.3 Å². The smallest absolute Gasteiger partial charge is 0.277 e. The Kier molecular flexibility index (Phi) is 6.20. The highest BCUT2D eigenvalue weighted by Crippen LogP contribution is 2.38. The van der Waals surface area contributed by atoms with Gasteiger partial charge in [-0.2, -0.15) is 0 Å². The fourth-order valence-electron chi connectivity index (χ4n) is 2.57. The molecule has 7 nitrogen and oxygen atoms in total. The lowest BCUT2D eigenvalue weighted by Gasteiger charge is -2.18. The first-order chi connectivity index (χ1) is 13.5. The van der Waals surface area contributed by atoms with Gasteiger partial charge in [-0.15, -0.1) is 10.2 Å². The molecule has 28 heavy (non-hydrogen) atoms. The molecular formula is C20H21N3O4S. The van der Waals surface area contributed by atoms with Crippen molar-refractivity contribution in [3.63, 3.8) is 0 Å². The van der Waals surface area contributed by atoms with Gasteiger partial charge in [-0.05, 0) is 29.5 Å². The summed E-state index contributed by atoms with van der Waals surface area (Å²) in [6, 6.07) is 14.8. The molecule has 0 aliphatic carbocycles. The van der Waals surface area contributed by atoms with Crippen molar-refractivity contribution in [3.05, 3.63) is 54.1 Å². The van der Waals surface area contributed by atoms with Crippen LogP contribution < -0.4 is 9.47 Å². The summed E-state index contributed by atoms with van der Waals surface area (Å²) in [7, 11) is 6.59. The van der Waals surface area contributed by atoms with Gasteiger partial charge in [0.2, 0.25) is 5.91 Å². The minimum Gasteiger partial charge on any atom is -0.497 e. The van der Waals surface area contributed by atoms with Crippen molar-refractivity contribution < 1.29 is 18.7 Å². The highest BCUT2D eigenvalue weighted by molar-refractivity contribution is 8.00. The molecule has 0 radical (unpaired) electrons. The summed E-state index contributed by atoms with van der Waals surface area (Å²) >= 11 is 1.22. The summed E-state index contributed by atoms with van der Waals surface area (Å²) in [5.74, 6) is 1.48. The van der Waals surface area contributed by atoms with Gasteiger partial charge in [-0.25, -0.2) is 0 Å². The van der Waals surface area contributed by atoms with Gasteiger partial charge in [-0.3, -0.25) is 4.79 Å². The number of carbonyl (C=O) groups is 1. The topological polar surface area (TPSA) is 77.7 Å². The van der Waals surface area contributed by atoms with E-state index in [0.29, 0.717) is 28.2 Å². The van der Waals surface area contributed by atoms with Crippen LogP contribution in [0.4, 0.5) is 0 Å². The Morgan fingerprint density at radius 2 is 1.82 bits per heavy atom. The molecule has 1 heterocycles. The lowest BCUT2D eigenvalue weighted by atomic mass is 10.1. The minimum absolute atomic E-state index is 0.0574. The summed E-state index contributed by atoms with van der Waals surface area (Å²) in [4.78, 5) is 14.2. The Morgan fingerprint density at radius 3 is 2.46 bits per heavy atom. The van der Waals surface area contributed by atoms with Crippen molar-refractivity contribution in [1.82, 2.24) is 15.1 Å². The third kappa shape index (κ3) is 4.28. The number of thioether (sulfide) groups is 1. The van der Waals surface area contributed by atoms with Crippen LogP contribution in [0.3, 0.4) is 0 Å². The van der Waals surface area contributed by atoms with Crippen molar-refractivity contribution in [2.45, 2.75) is 10.5 Å². The second-order valence-electron chi connectivity index (χ2n) is 6.08. The number of benzene rings is 2. The number of hydrogen-bond donors (Lipinski definition) is 0. The zero-order valence-corrected chi connectivity index (χ0v) is 16.9. The zero-order chi connectivity index (χ0) is 20.1. The average molecular weight is 399 g/mol. The molecule has 0 saturated heterocycles. The molecule has 1 atom stereocenters. The monoisotopic (exact) mass is 399 g/mol. The van der Waals surface area contributed by atoms with Crippen LogP contribution in [0.2, 0.25) is 0 Å². The second-order valence-corrected chi connectivity index (χ2v) is 7.14. The van der Waals surface area contributed by atoms with Gasteiger partial charge in [0.15, 0.2) is 0 Å². The number of rotatable bonds is 7. The Hall–Kier alpha value is -3.00. The molecule has 3 aromatic rings. The van der Waals surface area contributed by atoms with Crippen LogP contribution in [0.5, 0.6) is 11.5 Å². The van der Waals surface area contributed by atoms with Crippen LogP contribution in [0.25, 0.3) is 11.5 Å². The fraction of sp³-hybridized carbons (Fsp3) is 0.250. The molecular weight excluding hydrogens is 378 g/mol. The minimum atomic E-state index is -0.484. The van der Waals surface area contributed by atoms with Crippen molar-refractivity contribution in [1.29, 1.82) is 0 Å². The van der Waals surface area contributed by atoms with E-state index < -0.39 is 5.25 Å². The molecule has 0 aliphatic heterocycles. The van der Waals surface area contributed by atoms with E-state index in [-0.39, 0.29) is 5.91 Å².